The summed E-state index contributed by atoms with van der Waals surface area (Å²) in [4.78, 5) is 37.2. The molecular formula is C19H23N3NaO7S2. The summed E-state index contributed by atoms with van der Waals surface area (Å²) in [5, 5.41) is 11.4. The van der Waals surface area contributed by atoms with Gasteiger partial charge in [-0.2, -0.15) is 8.42 Å². The van der Waals surface area contributed by atoms with Gasteiger partial charge in [0.25, 0.3) is 16.0 Å². The Kier molecular flexibility index (Phi) is 9.32. The number of carboxylic acid groups (broad SMARTS) is 1. The molecule has 169 valence electrons. The molecule has 3 atom stereocenters. The van der Waals surface area contributed by atoms with Crippen LogP contribution in [0.2, 0.25) is 0 Å². The number of carbonyl (C=O) groups excluding carboxylic acids is 3. The molecule has 0 bridgehead atoms. The van der Waals surface area contributed by atoms with Crippen molar-refractivity contribution in [3.8, 4) is 0 Å². The molecule has 0 aromatic carbocycles. The molecule has 1 aromatic rings. The summed E-state index contributed by atoms with van der Waals surface area (Å²) in [5.41, 5.74) is 0.992. The number of pyridine rings is 1. The Hall–Kier alpha value is -1.44. The number of β-lactam (4-membered cyclic amide) rings is 1. The minimum atomic E-state index is -4.56. The molecule has 2 amide bonds. The van der Waals surface area contributed by atoms with Crippen molar-refractivity contribution >= 4 is 69.2 Å². The first-order valence-corrected chi connectivity index (χ1v) is 12.3. The number of thioether (sulfide) groups is 1. The van der Waals surface area contributed by atoms with Gasteiger partial charge in [0.2, 0.25) is 5.91 Å². The Morgan fingerprint density at radius 1 is 1.38 bits per heavy atom. The van der Waals surface area contributed by atoms with E-state index in [1.807, 2.05) is 6.92 Å². The van der Waals surface area contributed by atoms with E-state index in [0.29, 0.717) is 25.1 Å². The first-order chi connectivity index (χ1) is 14.6. The van der Waals surface area contributed by atoms with Crippen LogP contribution in [0.25, 0.3) is 0 Å². The van der Waals surface area contributed by atoms with Crippen LogP contribution in [-0.2, 0) is 26.3 Å². The average Bonchev–Trinajstić information content (AvgIpc) is 2.71. The summed E-state index contributed by atoms with van der Waals surface area (Å²) in [6.07, 6.45) is 6.01. The summed E-state index contributed by atoms with van der Waals surface area (Å²) in [7, 11) is -4.56. The average molecular weight is 493 g/mol. The van der Waals surface area contributed by atoms with Crippen LogP contribution < -0.4 is 15.0 Å². The van der Waals surface area contributed by atoms with Crippen LogP contribution in [0, 0.1) is 0 Å². The van der Waals surface area contributed by atoms with E-state index in [1.165, 1.54) is 28.8 Å². The fourth-order valence-electron chi connectivity index (χ4n) is 3.43. The predicted octanol–water partition coefficient (Wildman–Crippen LogP) is -1.31. The van der Waals surface area contributed by atoms with Gasteiger partial charge in [0.05, 0.1) is 5.97 Å². The summed E-state index contributed by atoms with van der Waals surface area (Å²) in [6.45, 7) is 2.29. The summed E-state index contributed by atoms with van der Waals surface area (Å²) in [6, 6.07) is 2.01. The smallest absolute Gasteiger partial charge is 0.276 e. The topological polar surface area (TPSA) is 148 Å². The van der Waals surface area contributed by atoms with Crippen molar-refractivity contribution in [2.45, 2.75) is 49.4 Å². The number of amides is 2. The zero-order valence-electron chi connectivity index (χ0n) is 17.8. The number of aromatic nitrogens is 1. The molecule has 1 radical (unpaired) electrons. The molecule has 2 unspecified atom stereocenters. The number of hydrogen-bond donors (Lipinski definition) is 2. The molecule has 0 aliphatic carbocycles. The van der Waals surface area contributed by atoms with Crippen LogP contribution in [0.5, 0.6) is 0 Å². The largest absolute Gasteiger partial charge is 0.545 e. The van der Waals surface area contributed by atoms with Crippen LogP contribution in [0.3, 0.4) is 0 Å². The van der Waals surface area contributed by atoms with Crippen molar-refractivity contribution in [1.29, 1.82) is 0 Å². The molecule has 2 N–H and O–H groups in total. The van der Waals surface area contributed by atoms with Crippen molar-refractivity contribution in [2.24, 2.45) is 0 Å². The number of carbonyl (C=O) groups is 3. The second-order valence-electron chi connectivity index (χ2n) is 7.41. The first-order valence-electron chi connectivity index (χ1n) is 9.72. The maximum Gasteiger partial charge on any atom is 0.276 e. The van der Waals surface area contributed by atoms with E-state index >= 15 is 0 Å². The van der Waals surface area contributed by atoms with E-state index in [2.05, 4.69) is 5.32 Å². The number of unbranched alkanes of at least 4 members (excludes halogenated alkanes) is 1. The number of fused-ring (bicyclic) bond motifs is 1. The molecule has 1 aromatic heterocycles. The van der Waals surface area contributed by atoms with E-state index in [0.717, 1.165) is 5.57 Å². The Balaban J connectivity index is 0.00000363. The van der Waals surface area contributed by atoms with Crippen LogP contribution in [0.15, 0.2) is 36.3 Å². The maximum absolute atomic E-state index is 12.5. The second-order valence-corrected chi connectivity index (χ2v) is 10.1. The van der Waals surface area contributed by atoms with E-state index in [9.17, 15) is 32.5 Å². The molecule has 32 heavy (non-hydrogen) atoms. The third-order valence-corrected chi connectivity index (χ3v) is 7.67. The number of aromatic carboxylic acids is 1. The van der Waals surface area contributed by atoms with Gasteiger partial charge < -0.3 is 20.1 Å². The van der Waals surface area contributed by atoms with E-state index in [1.54, 1.807) is 23.2 Å². The van der Waals surface area contributed by atoms with Gasteiger partial charge in [0, 0.05) is 64.8 Å². The van der Waals surface area contributed by atoms with Gasteiger partial charge in [-0.15, -0.1) is 11.8 Å². The molecule has 0 spiro atoms. The Bertz CT molecular complexity index is 1010. The molecular weight excluding hydrogens is 469 g/mol. The monoisotopic (exact) mass is 492 g/mol. The predicted molar refractivity (Wildman–Crippen MR) is 115 cm³/mol. The van der Waals surface area contributed by atoms with E-state index in [4.69, 9.17) is 0 Å². The zero-order chi connectivity index (χ0) is 22.8. The van der Waals surface area contributed by atoms with Crippen LogP contribution in [-0.4, -0.2) is 87.6 Å². The van der Waals surface area contributed by atoms with Crippen molar-refractivity contribution in [3.63, 3.8) is 0 Å². The third-order valence-electron chi connectivity index (χ3n) is 5.12. The zero-order valence-corrected chi connectivity index (χ0v) is 21.4. The molecule has 0 saturated carbocycles. The molecule has 10 nitrogen and oxygen atoms in total. The molecule has 3 heterocycles. The van der Waals surface area contributed by atoms with Crippen molar-refractivity contribution in [1.82, 2.24) is 10.2 Å². The number of rotatable bonds is 9. The Morgan fingerprint density at radius 3 is 2.59 bits per heavy atom. The molecule has 2 aliphatic rings. The normalized spacial score (nSPS) is 20.9. The molecule has 3 rings (SSSR count). The van der Waals surface area contributed by atoms with E-state index < -0.39 is 33.3 Å². The first kappa shape index (κ1) is 26.8. The van der Waals surface area contributed by atoms with Gasteiger partial charge in [-0.1, -0.05) is 19.8 Å². The number of nitrogens with zero attached hydrogens (tertiary/aromatic N) is 2. The minimum Gasteiger partial charge on any atom is -0.545 e. The Labute approximate surface area is 212 Å². The maximum atomic E-state index is 12.5. The molecule has 2 aliphatic heterocycles. The third kappa shape index (κ3) is 6.12. The van der Waals surface area contributed by atoms with Gasteiger partial charge >= 0.3 is 0 Å². The van der Waals surface area contributed by atoms with Gasteiger partial charge in [-0.3, -0.25) is 14.1 Å². The molecule has 13 heteroatoms. The SMILES string of the molecule is CCCCC(C(=O)NC1C(=O)N2C=C(C[n+]3ccc(C(=O)[O-])cc3)CS[C@H]12)S(=O)(=O)O.[Na]. The van der Waals surface area contributed by atoms with Crippen LogP contribution >= 0.6 is 11.8 Å². The van der Waals surface area contributed by atoms with Crippen molar-refractivity contribution < 1.29 is 37.0 Å². The summed E-state index contributed by atoms with van der Waals surface area (Å²) in [5.74, 6) is -1.90. The van der Waals surface area contributed by atoms with E-state index in [-0.39, 0.29) is 52.8 Å². The standard InChI is InChI=1S/C19H23N3O7S2.Na/c1-2-3-4-14(31(27,28)29)16(23)20-15-17(24)22-10-12(11-30-18(15)22)9-21-7-5-13(6-8-21)19(25)26;/h5-8,10,14-15,18H,2-4,9,11H2,1H3,(H2-,20,23,25,26,27,28,29);/t14?,15?,18-;/m1./s1. The molecule has 1 fully saturated rings. The van der Waals surface area contributed by atoms with Gasteiger partial charge in [0.1, 0.15) is 11.4 Å². The summed E-state index contributed by atoms with van der Waals surface area (Å²) < 4.78 is 34.2. The van der Waals surface area contributed by atoms with Crippen molar-refractivity contribution in [2.75, 3.05) is 5.75 Å². The fourth-order valence-corrected chi connectivity index (χ4v) is 5.49. The van der Waals surface area contributed by atoms with Crippen LogP contribution in [0.1, 0.15) is 36.5 Å². The van der Waals surface area contributed by atoms with Gasteiger partial charge in [0.15, 0.2) is 24.2 Å². The Morgan fingerprint density at radius 2 is 2.03 bits per heavy atom. The molecule has 1 saturated heterocycles. The minimum absolute atomic E-state index is 0. The van der Waals surface area contributed by atoms with Crippen LogP contribution in [0.4, 0.5) is 0 Å². The van der Waals surface area contributed by atoms with Crippen molar-refractivity contribution in [3.05, 3.63) is 41.9 Å². The van der Waals surface area contributed by atoms with Gasteiger partial charge in [-0.05, 0) is 6.42 Å². The number of nitrogens with one attached hydrogen (secondary N) is 1. The number of carboxylic acids is 1. The quantitative estimate of drug-likeness (QED) is 0.187. The van der Waals surface area contributed by atoms with Gasteiger partial charge in [-0.25, -0.2) is 4.57 Å². The summed E-state index contributed by atoms with van der Waals surface area (Å²) >= 11 is 1.43. The number of hydrogen-bond acceptors (Lipinski definition) is 7. The fraction of sp³-hybridized carbons (Fsp3) is 0.474. The second kappa shape index (κ2) is 11.1.